The molecule has 1 aromatic heterocycles. The van der Waals surface area contributed by atoms with Crippen molar-refractivity contribution in [2.24, 2.45) is 0 Å². The molecule has 1 amide bonds. The van der Waals surface area contributed by atoms with Gasteiger partial charge in [0.1, 0.15) is 5.60 Å². The number of amides is 1. The number of nitrogens with zero attached hydrogens (tertiary/aromatic N) is 5. The fraction of sp³-hybridized carbons (Fsp3) is 0.400. The van der Waals surface area contributed by atoms with Crippen LogP contribution in [0.4, 0.5) is 10.7 Å². The number of para-hydroxylation sites is 2. The van der Waals surface area contributed by atoms with E-state index in [-0.39, 0.29) is 12.1 Å². The number of benzene rings is 2. The average Bonchev–Trinajstić information content (AvgIpc) is 3.11. The predicted molar refractivity (Wildman–Crippen MR) is 125 cm³/mol. The summed E-state index contributed by atoms with van der Waals surface area (Å²) in [6.07, 6.45) is -0.268. The minimum absolute atomic E-state index is 0.0906. The van der Waals surface area contributed by atoms with Crippen LogP contribution in [0.2, 0.25) is 0 Å². The summed E-state index contributed by atoms with van der Waals surface area (Å²) >= 11 is 0. The van der Waals surface area contributed by atoms with Crippen molar-refractivity contribution in [1.29, 1.82) is 5.26 Å². The molecule has 0 spiro atoms. The number of carbonyl (C=O) groups is 1. The maximum Gasteiger partial charge on any atom is 0.410 e. The third-order valence-corrected chi connectivity index (χ3v) is 5.59. The number of imidazole rings is 1. The van der Waals surface area contributed by atoms with Crippen LogP contribution < -0.4 is 4.90 Å². The highest BCUT2D eigenvalue weighted by Crippen LogP contribution is 2.27. The first-order chi connectivity index (χ1) is 15.2. The lowest BCUT2D eigenvalue weighted by Gasteiger charge is -2.40. The smallest absolute Gasteiger partial charge is 0.410 e. The Bertz CT molecular complexity index is 1150. The fourth-order valence-electron chi connectivity index (χ4n) is 4.05. The van der Waals surface area contributed by atoms with Gasteiger partial charge in [0.15, 0.2) is 0 Å². The van der Waals surface area contributed by atoms with Gasteiger partial charge in [-0.2, -0.15) is 5.26 Å². The minimum atomic E-state index is -0.507. The number of hydrogen-bond donors (Lipinski definition) is 0. The average molecular weight is 432 g/mol. The van der Waals surface area contributed by atoms with Crippen molar-refractivity contribution in [3.63, 3.8) is 0 Å². The quantitative estimate of drug-likeness (QED) is 0.614. The summed E-state index contributed by atoms with van der Waals surface area (Å²) in [6, 6.07) is 18.0. The van der Waals surface area contributed by atoms with Crippen molar-refractivity contribution in [2.45, 2.75) is 45.9 Å². The van der Waals surface area contributed by atoms with Crippen LogP contribution in [0.25, 0.3) is 11.0 Å². The van der Waals surface area contributed by atoms with Gasteiger partial charge in [0.25, 0.3) is 0 Å². The molecule has 32 heavy (non-hydrogen) atoms. The van der Waals surface area contributed by atoms with Crippen LogP contribution in [0.1, 0.15) is 38.8 Å². The molecule has 1 aliphatic rings. The monoisotopic (exact) mass is 431 g/mol. The summed E-state index contributed by atoms with van der Waals surface area (Å²) in [5.74, 6) is 0.895. The molecule has 1 atom stereocenters. The van der Waals surface area contributed by atoms with Crippen molar-refractivity contribution < 1.29 is 9.53 Å². The van der Waals surface area contributed by atoms with E-state index in [1.807, 2.05) is 63.2 Å². The topological polar surface area (TPSA) is 74.4 Å². The molecule has 0 N–H and O–H groups in total. The summed E-state index contributed by atoms with van der Waals surface area (Å²) < 4.78 is 7.78. The van der Waals surface area contributed by atoms with Gasteiger partial charge < -0.3 is 19.1 Å². The van der Waals surface area contributed by atoms with Crippen molar-refractivity contribution in [1.82, 2.24) is 14.5 Å². The van der Waals surface area contributed by atoms with E-state index in [4.69, 9.17) is 15.0 Å². The van der Waals surface area contributed by atoms with Crippen LogP contribution >= 0.6 is 0 Å². The number of nitriles is 1. The molecule has 4 rings (SSSR count). The zero-order valence-electron chi connectivity index (χ0n) is 19.1. The molecule has 2 heterocycles. The SMILES string of the molecule is C[C@@H]1CN(C(=O)OC(C)(C)C)CCN1c1nc2ccccc2n1Cc1ccc(C#N)cc1. The van der Waals surface area contributed by atoms with E-state index in [1.165, 1.54) is 0 Å². The molecule has 7 nitrogen and oxygen atoms in total. The number of carbonyl (C=O) groups excluding carboxylic acids is 1. The van der Waals surface area contributed by atoms with Crippen LogP contribution in [0.3, 0.4) is 0 Å². The molecule has 1 aliphatic heterocycles. The molecule has 3 aromatic rings. The first-order valence-electron chi connectivity index (χ1n) is 10.9. The largest absolute Gasteiger partial charge is 0.444 e. The summed E-state index contributed by atoms with van der Waals surface area (Å²) in [5.41, 5.74) is 3.25. The second-order valence-corrected chi connectivity index (χ2v) is 9.26. The lowest BCUT2D eigenvalue weighted by atomic mass is 10.1. The third-order valence-electron chi connectivity index (χ3n) is 5.59. The molecular formula is C25H29N5O2. The standard InChI is InChI=1S/C25H29N5O2/c1-18-16-28(24(31)32-25(2,3)4)13-14-29(18)23-27-21-7-5-6-8-22(21)30(23)17-20-11-9-19(15-26)10-12-20/h5-12,18H,13-14,16-17H2,1-4H3/t18-/m1/s1. The number of ether oxygens (including phenoxy) is 1. The molecule has 0 unspecified atom stereocenters. The first kappa shape index (κ1) is 21.7. The van der Waals surface area contributed by atoms with Gasteiger partial charge in [-0.05, 0) is 57.5 Å². The van der Waals surface area contributed by atoms with E-state index >= 15 is 0 Å². The highest BCUT2D eigenvalue weighted by Gasteiger charge is 2.32. The number of anilines is 1. The zero-order valence-corrected chi connectivity index (χ0v) is 19.1. The van der Waals surface area contributed by atoms with Crippen molar-refractivity contribution in [3.05, 3.63) is 59.7 Å². The van der Waals surface area contributed by atoms with Gasteiger partial charge in [0.2, 0.25) is 5.95 Å². The Hall–Kier alpha value is -3.53. The van der Waals surface area contributed by atoms with Gasteiger partial charge in [-0.1, -0.05) is 24.3 Å². The molecule has 0 aliphatic carbocycles. The van der Waals surface area contributed by atoms with Crippen molar-refractivity contribution >= 4 is 23.1 Å². The van der Waals surface area contributed by atoms with Gasteiger partial charge in [0.05, 0.1) is 29.2 Å². The second kappa shape index (κ2) is 8.54. The second-order valence-electron chi connectivity index (χ2n) is 9.26. The maximum absolute atomic E-state index is 12.5. The van der Waals surface area contributed by atoms with Gasteiger partial charge in [-0.3, -0.25) is 0 Å². The number of hydrogen-bond acceptors (Lipinski definition) is 5. The van der Waals surface area contributed by atoms with E-state index in [2.05, 4.69) is 28.5 Å². The van der Waals surface area contributed by atoms with Crippen LogP contribution in [0, 0.1) is 11.3 Å². The maximum atomic E-state index is 12.5. The Morgan fingerprint density at radius 2 is 1.88 bits per heavy atom. The molecule has 0 bridgehead atoms. The lowest BCUT2D eigenvalue weighted by molar-refractivity contribution is 0.0218. The van der Waals surface area contributed by atoms with Gasteiger partial charge in [0, 0.05) is 25.7 Å². The summed E-state index contributed by atoms with van der Waals surface area (Å²) in [7, 11) is 0. The highest BCUT2D eigenvalue weighted by molar-refractivity contribution is 5.79. The van der Waals surface area contributed by atoms with E-state index < -0.39 is 5.60 Å². The molecular weight excluding hydrogens is 402 g/mol. The first-order valence-corrected chi connectivity index (χ1v) is 10.9. The summed E-state index contributed by atoms with van der Waals surface area (Å²) in [5, 5.41) is 9.08. The highest BCUT2D eigenvalue weighted by atomic mass is 16.6. The Balaban J connectivity index is 1.61. The molecule has 1 saturated heterocycles. The van der Waals surface area contributed by atoms with Crippen LogP contribution in [-0.4, -0.2) is 51.8 Å². The molecule has 166 valence electrons. The Morgan fingerprint density at radius 3 is 2.53 bits per heavy atom. The Morgan fingerprint density at radius 1 is 1.16 bits per heavy atom. The van der Waals surface area contributed by atoms with E-state index in [1.54, 1.807) is 4.90 Å². The Kier molecular flexibility index (Phi) is 5.79. The van der Waals surface area contributed by atoms with Gasteiger partial charge in [-0.25, -0.2) is 9.78 Å². The number of aromatic nitrogens is 2. The minimum Gasteiger partial charge on any atom is -0.444 e. The normalized spacial score (nSPS) is 16.8. The van der Waals surface area contributed by atoms with E-state index in [9.17, 15) is 4.79 Å². The summed E-state index contributed by atoms with van der Waals surface area (Å²) in [4.78, 5) is 21.5. The zero-order chi connectivity index (χ0) is 22.9. The van der Waals surface area contributed by atoms with Gasteiger partial charge >= 0.3 is 6.09 Å². The Labute approximate surface area is 188 Å². The lowest BCUT2D eigenvalue weighted by Crippen LogP contribution is -2.55. The molecule has 7 heteroatoms. The fourth-order valence-corrected chi connectivity index (χ4v) is 4.05. The molecule has 0 radical (unpaired) electrons. The van der Waals surface area contributed by atoms with Crippen molar-refractivity contribution in [3.8, 4) is 6.07 Å². The third kappa shape index (κ3) is 4.54. The van der Waals surface area contributed by atoms with E-state index in [0.717, 1.165) is 22.5 Å². The summed E-state index contributed by atoms with van der Waals surface area (Å²) in [6.45, 7) is 10.3. The number of piperazine rings is 1. The molecule has 0 saturated carbocycles. The van der Waals surface area contributed by atoms with Crippen LogP contribution in [0.15, 0.2) is 48.5 Å². The van der Waals surface area contributed by atoms with E-state index in [0.29, 0.717) is 31.7 Å². The van der Waals surface area contributed by atoms with Crippen LogP contribution in [0.5, 0.6) is 0 Å². The van der Waals surface area contributed by atoms with Crippen molar-refractivity contribution in [2.75, 3.05) is 24.5 Å². The van der Waals surface area contributed by atoms with Gasteiger partial charge in [-0.15, -0.1) is 0 Å². The number of fused-ring (bicyclic) bond motifs is 1. The molecule has 1 fully saturated rings. The number of rotatable bonds is 3. The predicted octanol–water partition coefficient (Wildman–Crippen LogP) is 4.40. The van der Waals surface area contributed by atoms with Crippen LogP contribution in [-0.2, 0) is 11.3 Å². The molecule has 2 aromatic carbocycles.